The molecule has 0 aromatic heterocycles. The van der Waals surface area contributed by atoms with Crippen molar-refractivity contribution in [2.75, 3.05) is 0 Å². The van der Waals surface area contributed by atoms with Gasteiger partial charge in [0, 0.05) is 6.10 Å². The van der Waals surface area contributed by atoms with Crippen molar-refractivity contribution in [3.05, 3.63) is 0 Å². The van der Waals surface area contributed by atoms with Gasteiger partial charge in [-0.25, -0.2) is 0 Å². The molecule has 0 aliphatic rings. The molecule has 0 amide bonds. The summed E-state index contributed by atoms with van der Waals surface area (Å²) in [4.78, 5) is 0. The molecule has 7 heavy (non-hydrogen) atoms. The summed E-state index contributed by atoms with van der Waals surface area (Å²) in [6.07, 6.45) is -0.167. The maximum absolute atomic E-state index is 8.40. The Kier molecular flexibility index (Phi) is 13.1. The van der Waals surface area contributed by atoms with Crippen LogP contribution in [0.25, 0.3) is 0 Å². The summed E-state index contributed by atoms with van der Waals surface area (Å²) in [5, 5.41) is 8.06. The van der Waals surface area contributed by atoms with Crippen LogP contribution in [0.2, 0.25) is 0 Å². The summed E-state index contributed by atoms with van der Waals surface area (Å²) in [7, 11) is -1.42. The van der Waals surface area contributed by atoms with E-state index in [1.807, 2.05) is 0 Å². The molecule has 0 radical (unpaired) electrons. The SMILES string of the molecule is CC(C)O.O=[Si]=O. The highest BCUT2D eigenvalue weighted by molar-refractivity contribution is 5.94. The highest BCUT2D eigenvalue weighted by Gasteiger charge is 1.69. The Morgan fingerprint density at radius 2 is 1.43 bits per heavy atom. The molecule has 0 aromatic rings. The highest BCUT2D eigenvalue weighted by atomic mass is 28.2. The summed E-state index contributed by atoms with van der Waals surface area (Å²) in [5.41, 5.74) is 0. The number of hydrogen-bond donors (Lipinski definition) is 1. The first-order valence-corrected chi connectivity index (χ1v) is 2.64. The summed E-state index contributed by atoms with van der Waals surface area (Å²) < 4.78 is 16.8. The van der Waals surface area contributed by atoms with E-state index < -0.39 is 9.29 Å². The first-order chi connectivity index (χ1) is 3.15. The Balaban J connectivity index is 0. The molecule has 0 bridgehead atoms. The molecule has 0 saturated carbocycles. The monoisotopic (exact) mass is 120 g/mol. The van der Waals surface area contributed by atoms with Crippen molar-refractivity contribution in [2.45, 2.75) is 20.0 Å². The van der Waals surface area contributed by atoms with Crippen molar-refractivity contribution in [1.29, 1.82) is 0 Å². The molecule has 0 atom stereocenters. The lowest BCUT2D eigenvalue weighted by molar-refractivity contribution is 0.216. The molecule has 4 heteroatoms. The van der Waals surface area contributed by atoms with Gasteiger partial charge in [-0.15, -0.1) is 0 Å². The Hall–Kier alpha value is -0.223. The fourth-order valence-electron chi connectivity index (χ4n) is 0. The normalized spacial score (nSPS) is 6.29. The van der Waals surface area contributed by atoms with E-state index in [9.17, 15) is 0 Å². The predicted octanol–water partition coefficient (Wildman–Crippen LogP) is -0.231. The first-order valence-electron chi connectivity index (χ1n) is 1.82. The van der Waals surface area contributed by atoms with Gasteiger partial charge in [0.15, 0.2) is 0 Å². The van der Waals surface area contributed by atoms with Gasteiger partial charge >= 0.3 is 9.29 Å². The average Bonchev–Trinajstić information content (AvgIpc) is 1.33. The van der Waals surface area contributed by atoms with Crippen molar-refractivity contribution >= 4 is 9.29 Å². The van der Waals surface area contributed by atoms with Gasteiger partial charge in [-0.3, -0.25) is 8.92 Å². The third-order valence-electron chi connectivity index (χ3n) is 0. The third kappa shape index (κ3) is 1660. The molecule has 0 aliphatic carbocycles. The maximum atomic E-state index is 8.40. The van der Waals surface area contributed by atoms with Gasteiger partial charge in [0.2, 0.25) is 0 Å². The van der Waals surface area contributed by atoms with Crippen LogP contribution < -0.4 is 0 Å². The maximum Gasteiger partial charge on any atom is 0.549 e. The van der Waals surface area contributed by atoms with E-state index >= 15 is 0 Å². The van der Waals surface area contributed by atoms with Crippen LogP contribution in [0.1, 0.15) is 13.8 Å². The predicted molar refractivity (Wildman–Crippen MR) is 24.5 cm³/mol. The lowest BCUT2D eigenvalue weighted by Gasteiger charge is -1.80. The molecule has 0 saturated heterocycles. The van der Waals surface area contributed by atoms with E-state index in [-0.39, 0.29) is 6.10 Å². The summed E-state index contributed by atoms with van der Waals surface area (Å²) in [5.74, 6) is 0. The van der Waals surface area contributed by atoms with Crippen molar-refractivity contribution in [2.24, 2.45) is 0 Å². The molecule has 0 rings (SSSR count). The van der Waals surface area contributed by atoms with E-state index in [0.717, 1.165) is 0 Å². The molecule has 0 fully saturated rings. The van der Waals surface area contributed by atoms with Gasteiger partial charge in [0.05, 0.1) is 0 Å². The smallest absolute Gasteiger partial charge is 0.394 e. The van der Waals surface area contributed by atoms with Crippen LogP contribution in [-0.4, -0.2) is 20.5 Å². The second-order valence-electron chi connectivity index (χ2n) is 1.18. The van der Waals surface area contributed by atoms with Gasteiger partial charge in [-0.05, 0) is 13.8 Å². The van der Waals surface area contributed by atoms with Gasteiger partial charge < -0.3 is 5.11 Å². The zero-order chi connectivity index (χ0) is 6.28. The summed E-state index contributed by atoms with van der Waals surface area (Å²) in [6.45, 7) is 3.44. The van der Waals surface area contributed by atoms with Crippen LogP contribution in [0, 0.1) is 0 Å². The molecule has 0 spiro atoms. The van der Waals surface area contributed by atoms with E-state index in [1.54, 1.807) is 13.8 Å². The van der Waals surface area contributed by atoms with Crippen LogP contribution in [0.4, 0.5) is 0 Å². The van der Waals surface area contributed by atoms with E-state index in [2.05, 4.69) is 0 Å². The van der Waals surface area contributed by atoms with Crippen molar-refractivity contribution in [3.63, 3.8) is 0 Å². The fourth-order valence-corrected chi connectivity index (χ4v) is 0. The quantitative estimate of drug-likeness (QED) is 0.449. The molecular formula is C3H8O3Si. The minimum atomic E-state index is -1.42. The van der Waals surface area contributed by atoms with E-state index in [4.69, 9.17) is 14.0 Å². The molecule has 0 unspecified atom stereocenters. The largest absolute Gasteiger partial charge is 0.549 e. The lowest BCUT2D eigenvalue weighted by atomic mass is 10.5. The molecule has 0 heterocycles. The van der Waals surface area contributed by atoms with Gasteiger partial charge in [-0.1, -0.05) is 0 Å². The Labute approximate surface area is 44.3 Å². The molecule has 0 aromatic carbocycles. The molecule has 1 N–H and O–H groups in total. The summed E-state index contributed by atoms with van der Waals surface area (Å²) >= 11 is 0. The topological polar surface area (TPSA) is 54.4 Å². The zero-order valence-corrected chi connectivity index (χ0v) is 5.34. The lowest BCUT2D eigenvalue weighted by Crippen LogP contribution is -1.85. The second-order valence-corrected chi connectivity index (χ2v) is 1.34. The average molecular weight is 120 g/mol. The second kappa shape index (κ2) is 9.24. The Morgan fingerprint density at radius 1 is 1.43 bits per heavy atom. The zero-order valence-electron chi connectivity index (χ0n) is 4.34. The van der Waals surface area contributed by atoms with Crippen LogP contribution in [0.15, 0.2) is 0 Å². The van der Waals surface area contributed by atoms with Gasteiger partial charge in [-0.2, -0.15) is 0 Å². The highest BCUT2D eigenvalue weighted by Crippen LogP contribution is 1.65. The van der Waals surface area contributed by atoms with Gasteiger partial charge in [0.1, 0.15) is 0 Å². The van der Waals surface area contributed by atoms with E-state index in [0.29, 0.717) is 0 Å². The van der Waals surface area contributed by atoms with Crippen LogP contribution in [0.3, 0.4) is 0 Å². The minimum Gasteiger partial charge on any atom is -0.394 e. The van der Waals surface area contributed by atoms with Crippen molar-refractivity contribution < 1.29 is 14.0 Å². The van der Waals surface area contributed by atoms with Crippen molar-refractivity contribution in [1.82, 2.24) is 0 Å². The molecule has 3 nitrogen and oxygen atoms in total. The third-order valence-corrected chi connectivity index (χ3v) is 0. The summed E-state index contributed by atoms with van der Waals surface area (Å²) in [6, 6.07) is 0. The van der Waals surface area contributed by atoms with Crippen molar-refractivity contribution in [3.8, 4) is 0 Å². The molecule has 42 valence electrons. The molecule has 0 aliphatic heterocycles. The number of rotatable bonds is 0. The molecular weight excluding hydrogens is 112 g/mol. The Morgan fingerprint density at radius 3 is 1.43 bits per heavy atom. The van der Waals surface area contributed by atoms with E-state index in [1.165, 1.54) is 0 Å². The van der Waals surface area contributed by atoms with Crippen LogP contribution in [0.5, 0.6) is 0 Å². The van der Waals surface area contributed by atoms with Crippen LogP contribution >= 0.6 is 0 Å². The standard InChI is InChI=1S/C3H8O.O2Si/c1-3(2)4;1-3-2/h3-4H,1-2H3;. The van der Waals surface area contributed by atoms with Gasteiger partial charge in [0.25, 0.3) is 0 Å². The number of aliphatic hydroxyl groups is 1. The minimum absolute atomic E-state index is 0.167. The Bertz CT molecular complexity index is 52.4. The number of hydrogen-bond acceptors (Lipinski definition) is 3. The van der Waals surface area contributed by atoms with Crippen LogP contribution in [-0.2, 0) is 8.92 Å². The number of aliphatic hydroxyl groups excluding tert-OH is 1. The first kappa shape index (κ1) is 9.91. The fraction of sp³-hybridized carbons (Fsp3) is 1.00.